The maximum Gasteiger partial charge on any atom is 0.199 e. The Morgan fingerprint density at radius 3 is 1.74 bits per heavy atom. The first-order valence-corrected chi connectivity index (χ1v) is 27.8. The molecule has 3 nitrogen and oxygen atoms in total. The molecule has 0 radical (unpaired) electrons. The van der Waals surface area contributed by atoms with E-state index < -0.39 is 0 Å². The van der Waals surface area contributed by atoms with Crippen LogP contribution in [0.5, 0.6) is 0 Å². The van der Waals surface area contributed by atoms with E-state index in [1.807, 2.05) is 11.3 Å². The van der Waals surface area contributed by atoms with Crippen LogP contribution in [-0.4, -0.2) is 7.28 Å². The number of nitrogens with zero attached hydrogens (tertiary/aromatic N) is 1. The van der Waals surface area contributed by atoms with E-state index in [1.54, 1.807) is 0 Å². The smallest absolute Gasteiger partial charge is 0.199 e. The Hall–Kier alpha value is -5.78. The van der Waals surface area contributed by atoms with Crippen molar-refractivity contribution in [3.63, 3.8) is 0 Å². The number of benzene rings is 7. The van der Waals surface area contributed by atoms with Crippen molar-refractivity contribution in [2.75, 3.05) is 10.2 Å². The van der Waals surface area contributed by atoms with Crippen LogP contribution in [0.4, 0.5) is 28.4 Å². The Morgan fingerprint density at radius 1 is 0.486 bits per heavy atom. The van der Waals surface area contributed by atoms with Crippen molar-refractivity contribution in [1.29, 1.82) is 0 Å². The third-order valence-corrected chi connectivity index (χ3v) is 20.2. The number of aryl methyl sites for hydroxylation is 1. The molecule has 1 N–H and O–H groups in total. The van der Waals surface area contributed by atoms with E-state index in [0.29, 0.717) is 0 Å². The van der Waals surface area contributed by atoms with Gasteiger partial charge in [-0.05, 0) is 194 Å². The highest BCUT2D eigenvalue weighted by Gasteiger charge is 2.42. The zero-order chi connectivity index (χ0) is 50.2. The van der Waals surface area contributed by atoms with Crippen molar-refractivity contribution < 1.29 is 4.42 Å². The summed E-state index contributed by atoms with van der Waals surface area (Å²) in [4.78, 5) is 2.68. The zero-order valence-corrected chi connectivity index (χ0v) is 45.9. The van der Waals surface area contributed by atoms with Crippen molar-refractivity contribution in [3.8, 4) is 11.1 Å². The van der Waals surface area contributed by atoms with Crippen LogP contribution in [0.15, 0.2) is 114 Å². The third kappa shape index (κ3) is 6.74. The van der Waals surface area contributed by atoms with Crippen molar-refractivity contribution in [3.05, 3.63) is 148 Å². The maximum atomic E-state index is 6.75. The number of hydrogen-bond donors (Lipinski definition) is 1. The van der Waals surface area contributed by atoms with E-state index in [0.717, 1.165) is 37.7 Å². The number of hydrogen-bond acceptors (Lipinski definition) is 4. The highest BCUT2D eigenvalue weighted by atomic mass is 32.1. The fraction of sp³-hybridized carbons (Fsp3) is 0.373. The first-order chi connectivity index (χ1) is 34.0. The van der Waals surface area contributed by atoms with Crippen LogP contribution in [0, 0.1) is 6.92 Å². The highest BCUT2D eigenvalue weighted by Crippen LogP contribution is 2.55. The minimum atomic E-state index is 0.00894. The summed E-state index contributed by atoms with van der Waals surface area (Å²) in [6, 6.07) is 42.7. The van der Waals surface area contributed by atoms with Crippen LogP contribution in [0.1, 0.15) is 161 Å². The summed E-state index contributed by atoms with van der Waals surface area (Å²) in [5.41, 5.74) is 24.0. The molecule has 3 heterocycles. The molecule has 0 spiro atoms. The van der Waals surface area contributed by atoms with E-state index in [-0.39, 0.29) is 32.5 Å². The maximum absolute atomic E-state index is 6.75. The summed E-state index contributed by atoms with van der Waals surface area (Å²) in [6.07, 6.45) is 7.04. The minimum absolute atomic E-state index is 0.00894. The lowest BCUT2D eigenvalue weighted by Crippen LogP contribution is -2.42. The molecule has 364 valence electrons. The van der Waals surface area contributed by atoms with Gasteiger partial charge in [-0.25, -0.2) is 0 Å². The van der Waals surface area contributed by atoms with Crippen LogP contribution in [0.2, 0.25) is 0 Å². The fourth-order valence-corrected chi connectivity index (χ4v) is 15.3. The third-order valence-electron chi connectivity index (χ3n) is 19.0. The van der Waals surface area contributed by atoms with Gasteiger partial charge in [0.25, 0.3) is 0 Å². The minimum Gasteiger partial charge on any atom is -0.456 e. The predicted octanol–water partition coefficient (Wildman–Crippen LogP) is 17.9. The predicted molar refractivity (Wildman–Crippen MR) is 313 cm³/mol. The average molecular weight is 963 g/mol. The summed E-state index contributed by atoms with van der Waals surface area (Å²) >= 11 is 1.97. The van der Waals surface area contributed by atoms with Crippen LogP contribution in [0.25, 0.3) is 53.2 Å². The van der Waals surface area contributed by atoms with Gasteiger partial charge in [-0.3, -0.25) is 0 Å². The molecule has 1 aliphatic heterocycles. The SMILES string of the molecule is Cc1cc2c(cc1N1c3cc4c(sc5ccccc54)c(-c4cc5c(cc4Nc4ccc6c(c4)C(C)(C)CCC6(C)C)C(C)(C)CCC5(C)C)c3Bc3c1ccc1oc4ccccc4c31)C(C)(C)CCC2(C)C. The number of anilines is 5. The molecule has 13 rings (SSSR count). The summed E-state index contributed by atoms with van der Waals surface area (Å²) in [6.45, 7) is 31.9. The second kappa shape index (κ2) is 15.2. The average Bonchev–Trinajstić information content (AvgIpc) is 3.91. The van der Waals surface area contributed by atoms with E-state index in [4.69, 9.17) is 4.42 Å². The molecule has 0 atom stereocenters. The topological polar surface area (TPSA) is 28.4 Å². The molecule has 7 aromatic carbocycles. The molecule has 0 unspecified atom stereocenters. The lowest BCUT2D eigenvalue weighted by molar-refractivity contribution is 0.332. The summed E-state index contributed by atoms with van der Waals surface area (Å²) in [5.74, 6) is 0. The van der Waals surface area contributed by atoms with Gasteiger partial charge in [0, 0.05) is 64.9 Å². The molecule has 2 aromatic heterocycles. The summed E-state index contributed by atoms with van der Waals surface area (Å²) in [7, 11) is 0.775. The molecule has 0 saturated heterocycles. The monoisotopic (exact) mass is 963 g/mol. The number of fused-ring (bicyclic) bond motifs is 12. The molecule has 5 heteroatoms. The van der Waals surface area contributed by atoms with E-state index >= 15 is 0 Å². The van der Waals surface area contributed by atoms with Gasteiger partial charge in [0.1, 0.15) is 11.2 Å². The normalized spacial score (nSPS) is 19.6. The Labute approximate surface area is 432 Å². The van der Waals surface area contributed by atoms with Gasteiger partial charge in [0.15, 0.2) is 7.28 Å². The van der Waals surface area contributed by atoms with Gasteiger partial charge in [0.05, 0.1) is 0 Å². The molecule has 4 aliphatic rings. The van der Waals surface area contributed by atoms with Crippen molar-refractivity contribution in [2.45, 2.75) is 161 Å². The second-order valence-electron chi connectivity index (χ2n) is 26.6. The van der Waals surface area contributed by atoms with Gasteiger partial charge in [-0.2, -0.15) is 0 Å². The molecule has 0 fully saturated rings. The summed E-state index contributed by atoms with van der Waals surface area (Å²) in [5, 5.41) is 9.31. The van der Waals surface area contributed by atoms with Crippen LogP contribution < -0.4 is 21.1 Å². The number of nitrogens with one attached hydrogen (secondary N) is 1. The molecular formula is C67H71BN2OS. The van der Waals surface area contributed by atoms with Crippen molar-refractivity contribution in [1.82, 2.24) is 0 Å². The Morgan fingerprint density at radius 2 is 1.06 bits per heavy atom. The Balaban J connectivity index is 1.16. The quantitative estimate of drug-likeness (QED) is 0.178. The molecule has 0 bridgehead atoms. The second-order valence-corrected chi connectivity index (χ2v) is 27.6. The summed E-state index contributed by atoms with van der Waals surface area (Å²) < 4.78 is 9.43. The van der Waals surface area contributed by atoms with Gasteiger partial charge in [-0.1, -0.05) is 132 Å². The molecule has 3 aliphatic carbocycles. The first kappa shape index (κ1) is 46.0. The Kier molecular flexibility index (Phi) is 9.69. The number of furan rings is 1. The molecule has 72 heavy (non-hydrogen) atoms. The first-order valence-electron chi connectivity index (χ1n) is 27.0. The Bertz CT molecular complexity index is 3800. The number of rotatable bonds is 4. The van der Waals surface area contributed by atoms with Crippen LogP contribution in [0.3, 0.4) is 0 Å². The van der Waals surface area contributed by atoms with Crippen molar-refractivity contribution >= 4 is 100 Å². The van der Waals surface area contributed by atoms with Crippen LogP contribution in [-0.2, 0) is 32.5 Å². The number of para-hydroxylation sites is 1. The standard InChI is InChI=1S/C67H71BN2OS/c1-38-32-45-49(67(12,13)31-28-63(45,4)5)37-52(38)70-51-24-25-55-57(41-19-14-16-20-54(41)71-55)59(51)68-60-53(70)35-42-40-18-15-17-21-56(40)72-61(42)58(60)43-34-47-48(66(10,11)30-29-65(47,8)9)36-50(43)69-39-22-23-44-46(33-39)64(6,7)27-26-62(44,2)3/h14-25,32-37,68-69H,26-31H2,1-13H3. The van der Waals surface area contributed by atoms with Gasteiger partial charge < -0.3 is 14.6 Å². The van der Waals surface area contributed by atoms with Crippen LogP contribution >= 0.6 is 11.3 Å². The molecule has 0 saturated carbocycles. The molecular weight excluding hydrogens is 892 g/mol. The van der Waals surface area contributed by atoms with E-state index in [2.05, 4.69) is 209 Å². The molecule has 9 aromatic rings. The lowest BCUT2D eigenvalue weighted by atomic mass is 9.56. The number of thiophene rings is 1. The van der Waals surface area contributed by atoms with Gasteiger partial charge >= 0.3 is 0 Å². The highest BCUT2D eigenvalue weighted by molar-refractivity contribution is 7.26. The fourth-order valence-electron chi connectivity index (χ4n) is 14.1. The van der Waals surface area contributed by atoms with Crippen molar-refractivity contribution in [2.24, 2.45) is 0 Å². The van der Waals surface area contributed by atoms with Gasteiger partial charge in [-0.15, -0.1) is 11.3 Å². The van der Waals surface area contributed by atoms with E-state index in [9.17, 15) is 0 Å². The van der Waals surface area contributed by atoms with Gasteiger partial charge in [0.2, 0.25) is 0 Å². The zero-order valence-electron chi connectivity index (χ0n) is 45.1. The molecule has 0 amide bonds. The van der Waals surface area contributed by atoms with E-state index in [1.165, 1.54) is 140 Å². The lowest BCUT2D eigenvalue weighted by Gasteiger charge is -2.44. The largest absolute Gasteiger partial charge is 0.456 e.